The Bertz CT molecular complexity index is 3910. The Morgan fingerprint density at radius 2 is 0.676 bits per heavy atom. The van der Waals surface area contributed by atoms with E-state index in [0.717, 1.165) is 34.1 Å². The molecule has 13 aromatic carbocycles. The Hall–Kier alpha value is -8.46. The summed E-state index contributed by atoms with van der Waals surface area (Å²) in [5.74, 6) is 0. The van der Waals surface area contributed by atoms with Gasteiger partial charge in [0.25, 0.3) is 0 Å². The fourth-order valence-electron chi connectivity index (χ4n) is 11.0. The number of nitrogens with zero attached hydrogens (tertiary/aromatic N) is 2. The van der Waals surface area contributed by atoms with Crippen LogP contribution in [0.25, 0.3) is 86.9 Å². The Morgan fingerprint density at radius 1 is 0.235 bits per heavy atom. The van der Waals surface area contributed by atoms with Gasteiger partial charge in [0, 0.05) is 34.1 Å². The lowest BCUT2D eigenvalue weighted by atomic mass is 9.93. The van der Waals surface area contributed by atoms with Crippen LogP contribution in [-0.4, -0.2) is 0 Å². The molecule has 0 N–H and O–H groups in total. The van der Waals surface area contributed by atoms with Gasteiger partial charge in [-0.3, -0.25) is 0 Å². The minimum absolute atomic E-state index is 1.13. The zero-order valence-electron chi connectivity index (χ0n) is 38.7. The van der Waals surface area contributed by atoms with Gasteiger partial charge in [0.2, 0.25) is 0 Å². The minimum Gasteiger partial charge on any atom is -0.310 e. The summed E-state index contributed by atoms with van der Waals surface area (Å²) in [5, 5.41) is 15.4. The van der Waals surface area contributed by atoms with Gasteiger partial charge in [-0.2, -0.15) is 0 Å². The van der Waals surface area contributed by atoms with Gasteiger partial charge in [-0.1, -0.05) is 150 Å². The van der Waals surface area contributed by atoms with Crippen LogP contribution in [-0.2, 0) is 0 Å². The van der Waals surface area contributed by atoms with Gasteiger partial charge in [0.1, 0.15) is 0 Å². The SMILES string of the molecule is Cc1ccc(N(c2ccc(C)cc2)c2ccc3c(c2)c2ccc(-c4ccccc4)c4cc5c6cc(N(c7ccc(C)cc7)c7ccc(C)cc7)cc7cc(-c8ccccc8)cc(c76)c5c3c42)cc1. The van der Waals surface area contributed by atoms with Crippen LogP contribution in [0.4, 0.5) is 34.1 Å². The predicted octanol–water partition coefficient (Wildman–Crippen LogP) is 19.0. The van der Waals surface area contributed by atoms with Gasteiger partial charge in [-0.15, -0.1) is 0 Å². The maximum atomic E-state index is 2.53. The van der Waals surface area contributed by atoms with Gasteiger partial charge in [-0.25, -0.2) is 0 Å². The number of benzene rings is 11. The molecular weight excluding hydrogens is 821 g/mol. The number of fused-ring (bicyclic) bond motifs is 7. The topological polar surface area (TPSA) is 6.48 Å². The molecule has 68 heavy (non-hydrogen) atoms. The number of hydrogen-bond acceptors (Lipinski definition) is 2. The second-order valence-electron chi connectivity index (χ2n) is 18.8. The summed E-state index contributed by atoms with van der Waals surface area (Å²) in [7, 11) is 0. The molecule has 13 rings (SSSR count). The summed E-state index contributed by atoms with van der Waals surface area (Å²) in [6.45, 7) is 8.63. The summed E-state index contributed by atoms with van der Waals surface area (Å²) in [6, 6.07) is 81.8. The lowest BCUT2D eigenvalue weighted by Gasteiger charge is -2.26. The standard InChI is InChI=1S/C66H48N2/c1-41-15-23-49(24-16-41)67(50-25-17-42(2)18-26-50)53-31-32-57-58(38-53)56-34-33-55(46-13-9-6-10-14-46)60-40-61-59-39-54(68(51-27-19-43(3)20-28-51)52-29-21-44(4)22-30-52)36-48-35-47(45-11-7-5-8-12-45)37-62(63(48)59)65(61)66(57)64(56)60/h5-40H,1-4H3. The quantitative estimate of drug-likeness (QED) is 0.150. The Labute approximate surface area is 397 Å². The van der Waals surface area contributed by atoms with Crippen LogP contribution in [0, 0.1) is 27.7 Å². The van der Waals surface area contributed by atoms with Gasteiger partial charge in [0.15, 0.2) is 0 Å². The number of rotatable bonds is 8. The highest BCUT2D eigenvalue weighted by molar-refractivity contribution is 6.46. The first-order chi connectivity index (χ1) is 33.3. The van der Waals surface area contributed by atoms with E-state index in [1.807, 2.05) is 0 Å². The van der Waals surface area contributed by atoms with Crippen molar-refractivity contribution in [3.8, 4) is 22.3 Å². The first-order valence-corrected chi connectivity index (χ1v) is 23.7. The van der Waals surface area contributed by atoms with Crippen LogP contribution < -0.4 is 9.80 Å². The largest absolute Gasteiger partial charge is 0.310 e. The van der Waals surface area contributed by atoms with E-state index in [9.17, 15) is 0 Å². The normalized spacial score (nSPS) is 11.8. The second kappa shape index (κ2) is 15.6. The highest BCUT2D eigenvalue weighted by Gasteiger charge is 2.26. The van der Waals surface area contributed by atoms with E-state index in [-0.39, 0.29) is 0 Å². The maximum absolute atomic E-state index is 2.53. The fourth-order valence-corrected chi connectivity index (χ4v) is 11.0. The van der Waals surface area contributed by atoms with E-state index in [2.05, 4.69) is 256 Å². The number of hydrogen-bond donors (Lipinski definition) is 0. The molecule has 0 aromatic heterocycles. The van der Waals surface area contributed by atoms with Crippen molar-refractivity contribution in [2.75, 3.05) is 9.80 Å². The molecule has 0 spiro atoms. The maximum Gasteiger partial charge on any atom is 0.0474 e. The molecule has 2 nitrogen and oxygen atoms in total. The summed E-state index contributed by atoms with van der Waals surface area (Å²) in [4.78, 5) is 4.83. The van der Waals surface area contributed by atoms with Crippen molar-refractivity contribution in [2.45, 2.75) is 27.7 Å². The number of anilines is 6. The van der Waals surface area contributed by atoms with Crippen molar-refractivity contribution < 1.29 is 0 Å². The molecule has 2 heteroatoms. The van der Waals surface area contributed by atoms with E-state index in [0.29, 0.717) is 0 Å². The third-order valence-corrected chi connectivity index (χ3v) is 14.3. The highest BCUT2D eigenvalue weighted by Crippen LogP contribution is 2.53. The van der Waals surface area contributed by atoms with Crippen LogP contribution in [0.5, 0.6) is 0 Å². The second-order valence-corrected chi connectivity index (χ2v) is 18.8. The van der Waals surface area contributed by atoms with E-state index < -0.39 is 0 Å². The molecule has 13 aromatic rings. The van der Waals surface area contributed by atoms with E-state index >= 15 is 0 Å². The molecule has 0 saturated heterocycles. The molecule has 0 bridgehead atoms. The monoisotopic (exact) mass is 868 g/mol. The van der Waals surface area contributed by atoms with Gasteiger partial charge < -0.3 is 9.80 Å². The zero-order valence-corrected chi connectivity index (χ0v) is 38.7. The molecule has 0 aliphatic rings. The summed E-state index contributed by atoms with van der Waals surface area (Å²) >= 11 is 0. The van der Waals surface area contributed by atoms with Crippen LogP contribution in [0.3, 0.4) is 0 Å². The van der Waals surface area contributed by atoms with Gasteiger partial charge >= 0.3 is 0 Å². The average molecular weight is 869 g/mol. The molecule has 0 unspecified atom stereocenters. The Balaban J connectivity index is 1.16. The van der Waals surface area contributed by atoms with Crippen molar-refractivity contribution in [1.29, 1.82) is 0 Å². The van der Waals surface area contributed by atoms with Crippen molar-refractivity contribution in [2.24, 2.45) is 0 Å². The minimum atomic E-state index is 1.13. The first-order valence-electron chi connectivity index (χ1n) is 23.7. The zero-order chi connectivity index (χ0) is 45.6. The Kier molecular flexibility index (Phi) is 9.13. The third-order valence-electron chi connectivity index (χ3n) is 14.3. The van der Waals surface area contributed by atoms with Gasteiger partial charge in [-0.05, 0) is 206 Å². The Morgan fingerprint density at radius 3 is 1.24 bits per heavy atom. The molecule has 0 heterocycles. The molecule has 0 aliphatic heterocycles. The van der Waals surface area contributed by atoms with E-state index in [1.54, 1.807) is 0 Å². The van der Waals surface area contributed by atoms with Gasteiger partial charge in [0.05, 0.1) is 0 Å². The fraction of sp³-hybridized carbons (Fsp3) is 0.0606. The van der Waals surface area contributed by atoms with Crippen molar-refractivity contribution in [3.05, 3.63) is 241 Å². The molecule has 0 fully saturated rings. The average Bonchev–Trinajstić information content (AvgIpc) is 3.87. The third kappa shape index (κ3) is 6.40. The van der Waals surface area contributed by atoms with E-state index in [1.165, 1.54) is 109 Å². The van der Waals surface area contributed by atoms with E-state index in [4.69, 9.17) is 0 Å². The van der Waals surface area contributed by atoms with Crippen LogP contribution in [0.2, 0.25) is 0 Å². The molecule has 0 atom stereocenters. The molecule has 0 radical (unpaired) electrons. The summed E-state index contributed by atoms with van der Waals surface area (Å²) in [6.07, 6.45) is 0. The lowest BCUT2D eigenvalue weighted by molar-refractivity contribution is 1.27. The highest BCUT2D eigenvalue weighted by atomic mass is 15.1. The molecule has 0 saturated carbocycles. The smallest absolute Gasteiger partial charge is 0.0474 e. The molecule has 322 valence electrons. The van der Waals surface area contributed by atoms with Crippen LogP contribution in [0.1, 0.15) is 22.3 Å². The molecular formula is C66H48N2. The number of aryl methyl sites for hydroxylation is 4. The first kappa shape index (κ1) is 39.9. The lowest BCUT2D eigenvalue weighted by Crippen LogP contribution is -2.10. The van der Waals surface area contributed by atoms with Crippen molar-refractivity contribution in [3.63, 3.8) is 0 Å². The van der Waals surface area contributed by atoms with Crippen molar-refractivity contribution >= 4 is 98.8 Å². The van der Waals surface area contributed by atoms with Crippen LogP contribution >= 0.6 is 0 Å². The summed E-state index contributed by atoms with van der Waals surface area (Å²) < 4.78 is 0. The van der Waals surface area contributed by atoms with Crippen LogP contribution in [0.15, 0.2) is 218 Å². The summed E-state index contributed by atoms with van der Waals surface area (Å²) in [5.41, 5.74) is 16.7. The molecule has 0 amide bonds. The predicted molar refractivity (Wildman–Crippen MR) is 293 cm³/mol. The van der Waals surface area contributed by atoms with Crippen molar-refractivity contribution in [1.82, 2.24) is 0 Å². The molecule has 0 aliphatic carbocycles.